The van der Waals surface area contributed by atoms with Crippen molar-refractivity contribution >= 4 is 34.4 Å². The summed E-state index contributed by atoms with van der Waals surface area (Å²) < 4.78 is 1.96. The summed E-state index contributed by atoms with van der Waals surface area (Å²) in [7, 11) is 0. The number of hydrogen-bond donors (Lipinski definition) is 1. The third-order valence-electron chi connectivity index (χ3n) is 6.57. The van der Waals surface area contributed by atoms with Crippen molar-refractivity contribution < 1.29 is 9.59 Å². The number of fused-ring (bicyclic) bond motifs is 3. The van der Waals surface area contributed by atoms with E-state index in [0.29, 0.717) is 24.5 Å². The zero-order valence-electron chi connectivity index (χ0n) is 19.5. The molecule has 35 heavy (non-hydrogen) atoms. The van der Waals surface area contributed by atoms with Gasteiger partial charge >= 0.3 is 0 Å². The lowest BCUT2D eigenvalue weighted by Crippen LogP contribution is -2.46. The van der Waals surface area contributed by atoms with Crippen molar-refractivity contribution in [3.05, 3.63) is 101 Å². The molecule has 1 aliphatic heterocycles. The SMILES string of the molecule is C[C@@H]1c2nc3ccccc3n2[C@H](CC(=O)NCCc2ccc(Cl)cc2)C(=O)N1Cc1ccccc1. The third-order valence-corrected chi connectivity index (χ3v) is 6.82. The summed E-state index contributed by atoms with van der Waals surface area (Å²) in [6.45, 7) is 2.96. The second-order valence-electron chi connectivity index (χ2n) is 8.90. The van der Waals surface area contributed by atoms with Crippen LogP contribution in [-0.2, 0) is 22.6 Å². The first-order valence-corrected chi connectivity index (χ1v) is 12.2. The Morgan fingerprint density at radius 2 is 1.69 bits per heavy atom. The minimum absolute atomic E-state index is 0.0603. The van der Waals surface area contributed by atoms with Crippen molar-refractivity contribution in [3.63, 3.8) is 0 Å². The topological polar surface area (TPSA) is 67.2 Å². The van der Waals surface area contributed by atoms with Crippen LogP contribution in [0.5, 0.6) is 0 Å². The monoisotopic (exact) mass is 486 g/mol. The van der Waals surface area contributed by atoms with E-state index in [2.05, 4.69) is 5.32 Å². The number of amides is 2. The number of nitrogens with one attached hydrogen (secondary N) is 1. The van der Waals surface area contributed by atoms with E-state index >= 15 is 0 Å². The summed E-state index contributed by atoms with van der Waals surface area (Å²) in [5.41, 5.74) is 3.84. The molecule has 0 saturated carbocycles. The highest BCUT2D eigenvalue weighted by Gasteiger charge is 2.40. The van der Waals surface area contributed by atoms with E-state index in [-0.39, 0.29) is 24.3 Å². The van der Waals surface area contributed by atoms with Gasteiger partial charge in [-0.3, -0.25) is 9.59 Å². The minimum Gasteiger partial charge on any atom is -0.356 e. The number of aromatic nitrogens is 2. The molecule has 0 spiro atoms. The molecule has 7 heteroatoms. The highest BCUT2D eigenvalue weighted by atomic mass is 35.5. The number of nitrogens with zero attached hydrogens (tertiary/aromatic N) is 3. The largest absolute Gasteiger partial charge is 0.356 e. The summed E-state index contributed by atoms with van der Waals surface area (Å²) in [5, 5.41) is 3.67. The molecule has 3 aromatic carbocycles. The van der Waals surface area contributed by atoms with Crippen LogP contribution in [-0.4, -0.2) is 32.8 Å². The van der Waals surface area contributed by atoms with Crippen LogP contribution >= 0.6 is 11.6 Å². The van der Waals surface area contributed by atoms with Gasteiger partial charge in [-0.25, -0.2) is 4.98 Å². The van der Waals surface area contributed by atoms with Gasteiger partial charge in [-0.1, -0.05) is 66.2 Å². The van der Waals surface area contributed by atoms with E-state index < -0.39 is 6.04 Å². The van der Waals surface area contributed by atoms with E-state index in [0.717, 1.165) is 28.0 Å². The van der Waals surface area contributed by atoms with Gasteiger partial charge in [-0.15, -0.1) is 0 Å². The Morgan fingerprint density at radius 1 is 0.971 bits per heavy atom. The van der Waals surface area contributed by atoms with Crippen molar-refractivity contribution in [2.75, 3.05) is 6.54 Å². The number of carbonyl (C=O) groups is 2. The zero-order chi connectivity index (χ0) is 24.4. The van der Waals surface area contributed by atoms with Gasteiger partial charge in [0.15, 0.2) is 0 Å². The standard InChI is InChI=1S/C28H27ClN4O2/c1-19-27-31-23-9-5-6-10-24(23)33(27)25(28(35)32(19)18-21-7-3-2-4-8-21)17-26(34)30-16-15-20-11-13-22(29)14-12-20/h2-14,19,25H,15-18H2,1H3,(H,30,34)/t19-,25-/m1/s1. The molecule has 2 atom stereocenters. The number of para-hydroxylation sites is 2. The van der Waals surface area contributed by atoms with Crippen LogP contribution in [0.1, 0.15) is 42.4 Å². The molecule has 0 radical (unpaired) electrons. The lowest BCUT2D eigenvalue weighted by Gasteiger charge is -2.38. The second-order valence-corrected chi connectivity index (χ2v) is 9.34. The third kappa shape index (κ3) is 4.80. The number of benzene rings is 3. The maximum Gasteiger partial charge on any atom is 0.247 e. The predicted octanol–water partition coefficient (Wildman–Crippen LogP) is 5.08. The molecule has 0 unspecified atom stereocenters. The summed E-state index contributed by atoms with van der Waals surface area (Å²) in [5.74, 6) is 0.584. The second kappa shape index (κ2) is 9.92. The number of carbonyl (C=O) groups excluding carboxylic acids is 2. The average molecular weight is 487 g/mol. The fourth-order valence-electron chi connectivity index (χ4n) is 4.74. The normalized spacial score (nSPS) is 17.4. The first kappa shape index (κ1) is 23.1. The lowest BCUT2D eigenvalue weighted by atomic mass is 10.0. The Labute approximate surface area is 209 Å². The first-order valence-electron chi connectivity index (χ1n) is 11.8. The van der Waals surface area contributed by atoms with Gasteiger partial charge in [0, 0.05) is 18.1 Å². The predicted molar refractivity (Wildman–Crippen MR) is 137 cm³/mol. The highest BCUT2D eigenvalue weighted by molar-refractivity contribution is 6.30. The molecule has 2 heterocycles. The van der Waals surface area contributed by atoms with E-state index in [1.807, 2.05) is 95.3 Å². The summed E-state index contributed by atoms with van der Waals surface area (Å²) in [6, 6.07) is 24.4. The Kier molecular flexibility index (Phi) is 6.55. The molecule has 5 rings (SSSR count). The number of hydrogen-bond acceptors (Lipinski definition) is 3. The molecular weight excluding hydrogens is 460 g/mol. The van der Waals surface area contributed by atoms with Crippen molar-refractivity contribution in [1.29, 1.82) is 0 Å². The van der Waals surface area contributed by atoms with Gasteiger partial charge in [0.25, 0.3) is 0 Å². The smallest absolute Gasteiger partial charge is 0.247 e. The molecule has 0 aliphatic carbocycles. The molecule has 0 bridgehead atoms. The Morgan fingerprint density at radius 3 is 2.46 bits per heavy atom. The van der Waals surface area contributed by atoms with Gasteiger partial charge in [0.1, 0.15) is 11.9 Å². The molecule has 0 saturated heterocycles. The summed E-state index contributed by atoms with van der Waals surface area (Å²) in [4.78, 5) is 33.5. The van der Waals surface area contributed by atoms with E-state index in [1.165, 1.54) is 0 Å². The summed E-state index contributed by atoms with van der Waals surface area (Å²) >= 11 is 5.95. The van der Waals surface area contributed by atoms with Crippen LogP contribution in [0, 0.1) is 0 Å². The number of halogens is 1. The first-order chi connectivity index (χ1) is 17.0. The van der Waals surface area contributed by atoms with Crippen molar-refractivity contribution in [1.82, 2.24) is 19.8 Å². The molecule has 1 aliphatic rings. The van der Waals surface area contributed by atoms with Crippen molar-refractivity contribution in [3.8, 4) is 0 Å². The van der Waals surface area contributed by atoms with Crippen LogP contribution in [0.3, 0.4) is 0 Å². The summed E-state index contributed by atoms with van der Waals surface area (Å²) in [6.07, 6.45) is 0.753. The molecule has 1 aromatic heterocycles. The van der Waals surface area contributed by atoms with Crippen molar-refractivity contribution in [2.45, 2.75) is 38.4 Å². The average Bonchev–Trinajstić information content (AvgIpc) is 3.26. The quantitative estimate of drug-likeness (QED) is 0.396. The van der Waals surface area contributed by atoms with Crippen LogP contribution in [0.25, 0.3) is 11.0 Å². The fraction of sp³-hybridized carbons (Fsp3) is 0.250. The minimum atomic E-state index is -0.646. The fourth-order valence-corrected chi connectivity index (χ4v) is 4.86. The van der Waals surface area contributed by atoms with Crippen LogP contribution < -0.4 is 5.32 Å². The molecular formula is C28H27ClN4O2. The van der Waals surface area contributed by atoms with Crippen molar-refractivity contribution in [2.24, 2.45) is 0 Å². The zero-order valence-corrected chi connectivity index (χ0v) is 20.3. The van der Waals surface area contributed by atoms with E-state index in [1.54, 1.807) is 0 Å². The Bertz CT molecular complexity index is 1350. The van der Waals surface area contributed by atoms with E-state index in [4.69, 9.17) is 16.6 Å². The Hall–Kier alpha value is -3.64. The molecule has 4 aromatic rings. The van der Waals surface area contributed by atoms with Gasteiger partial charge in [-0.05, 0) is 48.7 Å². The molecule has 0 fully saturated rings. The van der Waals surface area contributed by atoms with Gasteiger partial charge in [0.2, 0.25) is 11.8 Å². The maximum absolute atomic E-state index is 13.8. The number of rotatable bonds is 7. The Balaban J connectivity index is 1.38. The van der Waals surface area contributed by atoms with Gasteiger partial charge < -0.3 is 14.8 Å². The van der Waals surface area contributed by atoms with E-state index in [9.17, 15) is 9.59 Å². The maximum atomic E-state index is 13.8. The highest BCUT2D eigenvalue weighted by Crippen LogP contribution is 2.37. The van der Waals surface area contributed by atoms with Gasteiger partial charge in [-0.2, -0.15) is 0 Å². The number of imidazole rings is 1. The van der Waals surface area contributed by atoms with Crippen LogP contribution in [0.4, 0.5) is 0 Å². The van der Waals surface area contributed by atoms with Crippen LogP contribution in [0.15, 0.2) is 78.9 Å². The molecule has 178 valence electrons. The van der Waals surface area contributed by atoms with Crippen LogP contribution in [0.2, 0.25) is 5.02 Å². The van der Waals surface area contributed by atoms with Gasteiger partial charge in [0.05, 0.1) is 23.5 Å². The lowest BCUT2D eigenvalue weighted by molar-refractivity contribution is -0.142. The molecule has 2 amide bonds. The molecule has 6 nitrogen and oxygen atoms in total. The molecule has 1 N–H and O–H groups in total.